The highest BCUT2D eigenvalue weighted by Gasteiger charge is 2.20. The monoisotopic (exact) mass is 440 g/mol. The third-order valence-electron chi connectivity index (χ3n) is 4.24. The summed E-state index contributed by atoms with van der Waals surface area (Å²) in [7, 11) is 1.67. The molecule has 0 bridgehead atoms. The van der Waals surface area contributed by atoms with E-state index >= 15 is 0 Å². The van der Waals surface area contributed by atoms with E-state index in [9.17, 15) is 19.7 Å². The van der Waals surface area contributed by atoms with Crippen LogP contribution in [0.25, 0.3) is 0 Å². The SMILES string of the molecule is Cc1ccc(Sc2ccc(C(=O)OCC(=O)Nc3cc(C)nn3C)cc2[N+](=O)[O-])cc1. The first kappa shape index (κ1) is 22.0. The van der Waals surface area contributed by atoms with E-state index in [1.54, 1.807) is 20.0 Å². The number of carbonyl (C=O) groups is 2. The number of nitro groups is 1. The smallest absolute Gasteiger partial charge is 0.338 e. The van der Waals surface area contributed by atoms with Crippen molar-refractivity contribution in [2.45, 2.75) is 23.6 Å². The molecule has 9 nitrogen and oxygen atoms in total. The molecule has 3 rings (SSSR count). The second-order valence-corrected chi connectivity index (χ2v) is 7.89. The summed E-state index contributed by atoms with van der Waals surface area (Å²) >= 11 is 1.23. The minimum Gasteiger partial charge on any atom is -0.452 e. The van der Waals surface area contributed by atoms with E-state index in [1.807, 2.05) is 31.2 Å². The number of hydrogen-bond donors (Lipinski definition) is 1. The van der Waals surface area contributed by atoms with Crippen LogP contribution in [0.15, 0.2) is 58.3 Å². The molecular weight excluding hydrogens is 420 g/mol. The lowest BCUT2D eigenvalue weighted by Gasteiger charge is -2.08. The number of hydrogen-bond acceptors (Lipinski definition) is 7. The number of nitrogens with zero attached hydrogens (tertiary/aromatic N) is 3. The molecule has 10 heteroatoms. The molecule has 0 atom stereocenters. The molecule has 0 aliphatic rings. The van der Waals surface area contributed by atoms with Gasteiger partial charge in [0.2, 0.25) is 0 Å². The van der Waals surface area contributed by atoms with Crippen LogP contribution < -0.4 is 5.32 Å². The number of aryl methyl sites for hydroxylation is 3. The standard InChI is InChI=1S/C21H20N4O5S/c1-13-4-7-16(8-5-13)31-18-9-6-15(11-17(18)25(28)29)21(27)30-12-20(26)22-19-10-14(2)23-24(19)3/h4-11H,12H2,1-3H3,(H,22,26). The van der Waals surface area contributed by atoms with Crippen LogP contribution in [0.3, 0.4) is 0 Å². The number of anilines is 1. The van der Waals surface area contributed by atoms with Crippen LogP contribution in [0.5, 0.6) is 0 Å². The molecule has 3 aromatic rings. The Morgan fingerprint density at radius 3 is 2.48 bits per heavy atom. The lowest BCUT2D eigenvalue weighted by atomic mass is 10.2. The number of esters is 1. The van der Waals surface area contributed by atoms with Gasteiger partial charge in [0, 0.05) is 24.1 Å². The number of benzene rings is 2. The van der Waals surface area contributed by atoms with Crippen molar-refractivity contribution in [1.82, 2.24) is 9.78 Å². The average molecular weight is 440 g/mol. The summed E-state index contributed by atoms with van der Waals surface area (Å²) in [5, 5.41) is 18.2. The first-order valence-corrected chi connectivity index (χ1v) is 10.0. The molecular formula is C21H20N4O5S. The maximum Gasteiger partial charge on any atom is 0.338 e. The van der Waals surface area contributed by atoms with Gasteiger partial charge in [-0.25, -0.2) is 4.79 Å². The fraction of sp³-hybridized carbons (Fsp3) is 0.190. The highest BCUT2D eigenvalue weighted by Crippen LogP contribution is 2.35. The minimum atomic E-state index is -0.827. The van der Waals surface area contributed by atoms with E-state index in [0.29, 0.717) is 10.7 Å². The van der Waals surface area contributed by atoms with Crippen molar-refractivity contribution >= 4 is 35.1 Å². The number of nitrogens with one attached hydrogen (secondary N) is 1. The summed E-state index contributed by atoms with van der Waals surface area (Å²) in [4.78, 5) is 36.5. The molecule has 31 heavy (non-hydrogen) atoms. The predicted octanol–water partition coefficient (Wildman–Crippen LogP) is 3.89. The lowest BCUT2D eigenvalue weighted by Crippen LogP contribution is -2.22. The minimum absolute atomic E-state index is 0.0101. The fourth-order valence-electron chi connectivity index (χ4n) is 2.73. The summed E-state index contributed by atoms with van der Waals surface area (Å²) in [6, 6.07) is 13.3. The van der Waals surface area contributed by atoms with Crippen LogP contribution in [0.2, 0.25) is 0 Å². The average Bonchev–Trinajstić information content (AvgIpc) is 3.04. The topological polar surface area (TPSA) is 116 Å². The quantitative estimate of drug-likeness (QED) is 0.336. The Morgan fingerprint density at radius 1 is 1.16 bits per heavy atom. The van der Waals surface area contributed by atoms with Crippen molar-refractivity contribution in [3.63, 3.8) is 0 Å². The van der Waals surface area contributed by atoms with Crippen molar-refractivity contribution in [3.05, 3.63) is 75.5 Å². The van der Waals surface area contributed by atoms with Gasteiger partial charge in [-0.05, 0) is 38.1 Å². The van der Waals surface area contributed by atoms with Crippen LogP contribution in [0, 0.1) is 24.0 Å². The van der Waals surface area contributed by atoms with Crippen molar-refractivity contribution in [2.24, 2.45) is 7.05 Å². The van der Waals surface area contributed by atoms with Gasteiger partial charge in [0.05, 0.1) is 21.1 Å². The van der Waals surface area contributed by atoms with E-state index in [2.05, 4.69) is 10.4 Å². The molecule has 0 saturated carbocycles. The zero-order chi connectivity index (χ0) is 22.5. The molecule has 2 aromatic carbocycles. The molecule has 0 unspecified atom stereocenters. The number of amides is 1. The number of aromatic nitrogens is 2. The Bertz CT molecular complexity index is 1140. The van der Waals surface area contributed by atoms with E-state index in [-0.39, 0.29) is 11.3 Å². The summed E-state index contributed by atoms with van der Waals surface area (Å²) in [6.07, 6.45) is 0. The largest absolute Gasteiger partial charge is 0.452 e. The number of nitro benzene ring substituents is 1. The Kier molecular flexibility index (Phi) is 6.71. The second kappa shape index (κ2) is 9.43. The summed E-state index contributed by atoms with van der Waals surface area (Å²) in [5.74, 6) is -0.907. The fourth-order valence-corrected chi connectivity index (χ4v) is 3.63. The van der Waals surface area contributed by atoms with Crippen molar-refractivity contribution in [2.75, 3.05) is 11.9 Å². The molecule has 160 valence electrons. The molecule has 1 N–H and O–H groups in total. The van der Waals surface area contributed by atoms with Gasteiger partial charge in [0.1, 0.15) is 5.82 Å². The van der Waals surface area contributed by atoms with Gasteiger partial charge >= 0.3 is 5.97 Å². The van der Waals surface area contributed by atoms with Gasteiger partial charge in [0.15, 0.2) is 6.61 Å². The molecule has 0 aliphatic heterocycles. The zero-order valence-corrected chi connectivity index (χ0v) is 17.9. The van der Waals surface area contributed by atoms with Gasteiger partial charge in [0.25, 0.3) is 11.6 Å². The van der Waals surface area contributed by atoms with Gasteiger partial charge < -0.3 is 10.1 Å². The highest BCUT2D eigenvalue weighted by atomic mass is 32.2. The Labute approximate surface area is 182 Å². The first-order chi connectivity index (χ1) is 14.7. The third-order valence-corrected chi connectivity index (χ3v) is 5.32. The molecule has 0 spiro atoms. The van der Waals surface area contributed by atoms with Crippen LogP contribution in [0.1, 0.15) is 21.6 Å². The zero-order valence-electron chi connectivity index (χ0n) is 17.1. The first-order valence-electron chi connectivity index (χ1n) is 9.23. The maximum atomic E-state index is 12.3. The normalized spacial score (nSPS) is 10.5. The molecule has 0 fully saturated rings. The van der Waals surface area contributed by atoms with Crippen LogP contribution in [0.4, 0.5) is 11.5 Å². The molecule has 0 radical (unpaired) electrons. The number of ether oxygens (including phenoxy) is 1. The summed E-state index contributed by atoms with van der Waals surface area (Å²) < 4.78 is 6.49. The van der Waals surface area contributed by atoms with E-state index in [0.717, 1.165) is 22.2 Å². The van der Waals surface area contributed by atoms with Gasteiger partial charge in [-0.1, -0.05) is 29.5 Å². The predicted molar refractivity (Wildman–Crippen MR) is 115 cm³/mol. The molecule has 1 amide bonds. The Balaban J connectivity index is 1.67. The molecule has 0 aliphatic carbocycles. The second-order valence-electron chi connectivity index (χ2n) is 6.77. The lowest BCUT2D eigenvalue weighted by molar-refractivity contribution is -0.387. The molecule has 1 aromatic heterocycles. The van der Waals surface area contributed by atoms with E-state index < -0.39 is 23.4 Å². The van der Waals surface area contributed by atoms with Crippen molar-refractivity contribution < 1.29 is 19.2 Å². The third kappa shape index (κ3) is 5.70. The molecule has 1 heterocycles. The van der Waals surface area contributed by atoms with Crippen LogP contribution in [-0.4, -0.2) is 33.2 Å². The molecule has 0 saturated heterocycles. The van der Waals surface area contributed by atoms with Crippen molar-refractivity contribution in [1.29, 1.82) is 0 Å². The van der Waals surface area contributed by atoms with Gasteiger partial charge in [-0.15, -0.1) is 0 Å². The van der Waals surface area contributed by atoms with E-state index in [4.69, 9.17) is 4.74 Å². The number of carbonyl (C=O) groups excluding carboxylic acids is 2. The van der Waals surface area contributed by atoms with Gasteiger partial charge in [-0.3, -0.25) is 19.6 Å². The highest BCUT2D eigenvalue weighted by molar-refractivity contribution is 7.99. The Hall–Kier alpha value is -3.66. The van der Waals surface area contributed by atoms with Gasteiger partial charge in [-0.2, -0.15) is 5.10 Å². The number of rotatable bonds is 7. The van der Waals surface area contributed by atoms with Crippen molar-refractivity contribution in [3.8, 4) is 0 Å². The maximum absolute atomic E-state index is 12.3. The van der Waals surface area contributed by atoms with E-state index in [1.165, 1.54) is 28.6 Å². The summed E-state index contributed by atoms with van der Waals surface area (Å²) in [6.45, 7) is 3.20. The Morgan fingerprint density at radius 2 is 1.87 bits per heavy atom. The van der Waals surface area contributed by atoms with Crippen LogP contribution in [-0.2, 0) is 16.6 Å². The van der Waals surface area contributed by atoms with Crippen LogP contribution >= 0.6 is 11.8 Å². The summed E-state index contributed by atoms with van der Waals surface area (Å²) in [5.41, 5.74) is 1.59.